The summed E-state index contributed by atoms with van der Waals surface area (Å²) in [6.07, 6.45) is -0.335. The van der Waals surface area contributed by atoms with Crippen LogP contribution < -0.4 is 11.1 Å². The zero-order valence-electron chi connectivity index (χ0n) is 16.5. The molecule has 4 atom stereocenters. The van der Waals surface area contributed by atoms with Crippen molar-refractivity contribution in [2.24, 2.45) is 11.7 Å². The summed E-state index contributed by atoms with van der Waals surface area (Å²) in [6.45, 7) is 0. The van der Waals surface area contributed by atoms with E-state index in [1.807, 2.05) is 6.07 Å². The number of carbonyl (C=O) groups excluding carboxylic acids is 1. The summed E-state index contributed by atoms with van der Waals surface area (Å²) in [5, 5.41) is 33.8. The normalized spacial score (nSPS) is 25.4. The Labute approximate surface area is 196 Å². The van der Waals surface area contributed by atoms with Gasteiger partial charge < -0.3 is 21.3 Å². The largest absolute Gasteiger partial charge is 0.390 e. The van der Waals surface area contributed by atoms with Gasteiger partial charge in [-0.05, 0) is 49.2 Å². The molecule has 2 aromatic heterocycles. The van der Waals surface area contributed by atoms with Crippen molar-refractivity contribution in [2.45, 2.75) is 53.6 Å². The van der Waals surface area contributed by atoms with Crippen LogP contribution in [0.1, 0.15) is 25.3 Å². The Morgan fingerprint density at radius 1 is 1.19 bits per heavy atom. The van der Waals surface area contributed by atoms with E-state index in [1.54, 1.807) is 12.1 Å². The molecule has 2 aliphatic rings. The molecular formula is C19H19Cl2N7O3S. The molecule has 1 amide bonds. The van der Waals surface area contributed by atoms with Crippen LogP contribution in [0.2, 0.25) is 10.0 Å². The highest BCUT2D eigenvalue weighted by Crippen LogP contribution is 2.38. The molecule has 2 heterocycles. The Hall–Kier alpha value is -2.18. The lowest BCUT2D eigenvalue weighted by Crippen LogP contribution is -2.35. The van der Waals surface area contributed by atoms with Gasteiger partial charge in [0.05, 0.1) is 28.1 Å². The lowest BCUT2D eigenvalue weighted by molar-refractivity contribution is -0.125. The summed E-state index contributed by atoms with van der Waals surface area (Å²) in [6, 6.07) is 4.82. The quantitative estimate of drug-likeness (QED) is 0.376. The highest BCUT2D eigenvalue weighted by molar-refractivity contribution is 7.99. The molecular weight excluding hydrogens is 477 g/mol. The number of amides is 1. The average molecular weight is 496 g/mol. The minimum atomic E-state index is -1.28. The molecule has 5 N–H and O–H groups in total. The van der Waals surface area contributed by atoms with Crippen LogP contribution in [0.5, 0.6) is 0 Å². The van der Waals surface area contributed by atoms with Crippen molar-refractivity contribution in [2.75, 3.05) is 5.32 Å². The van der Waals surface area contributed by atoms with Gasteiger partial charge >= 0.3 is 0 Å². The molecule has 13 heteroatoms. The zero-order valence-corrected chi connectivity index (χ0v) is 18.8. The molecule has 0 bridgehead atoms. The second-order valence-electron chi connectivity index (χ2n) is 7.95. The van der Waals surface area contributed by atoms with Gasteiger partial charge in [0, 0.05) is 10.9 Å². The number of primary amides is 1. The molecule has 1 aromatic carbocycles. The van der Waals surface area contributed by atoms with E-state index in [2.05, 4.69) is 25.6 Å². The smallest absolute Gasteiger partial charge is 0.223 e. The second kappa shape index (κ2) is 8.31. The standard InChI is InChI=1S/C19H19Cl2N7O3S/c20-10-4-3-8(5-11(10)21)32-19-24-17(23-7-1-2-7)13-18(25-19)28(27-26-13)12-6-9(16(22)31)14(29)15(12)30/h3-5,7,9,12,14-15,29-30H,1-2,6H2,(H2,22,31)(H,23,24,25)/t9-,12?,14?,15?/m0/s1. The minimum absolute atomic E-state index is 0.126. The Morgan fingerprint density at radius 2 is 1.97 bits per heavy atom. The molecule has 5 rings (SSSR count). The number of halogens is 2. The molecule has 10 nitrogen and oxygen atoms in total. The molecule has 0 saturated heterocycles. The van der Waals surface area contributed by atoms with Gasteiger partial charge in [0.2, 0.25) is 5.91 Å². The summed E-state index contributed by atoms with van der Waals surface area (Å²) in [5.74, 6) is -1.03. The van der Waals surface area contributed by atoms with Crippen molar-refractivity contribution >= 4 is 57.9 Å². The maximum atomic E-state index is 11.7. The number of aliphatic hydroxyl groups is 2. The highest BCUT2D eigenvalue weighted by Gasteiger charge is 2.46. The maximum Gasteiger partial charge on any atom is 0.223 e. The number of nitrogens with zero attached hydrogens (tertiary/aromatic N) is 5. The predicted octanol–water partition coefficient (Wildman–Crippen LogP) is 2.02. The Balaban J connectivity index is 1.55. The van der Waals surface area contributed by atoms with Gasteiger partial charge in [-0.2, -0.15) is 0 Å². The molecule has 2 fully saturated rings. The van der Waals surface area contributed by atoms with Crippen LogP contribution in [0.25, 0.3) is 11.2 Å². The van der Waals surface area contributed by atoms with Crippen molar-refractivity contribution in [3.05, 3.63) is 28.2 Å². The third-order valence-corrected chi connectivity index (χ3v) is 7.25. The number of benzene rings is 1. The third-order valence-electron chi connectivity index (χ3n) is 5.65. The van der Waals surface area contributed by atoms with Crippen molar-refractivity contribution in [3.63, 3.8) is 0 Å². The molecule has 3 unspecified atom stereocenters. The van der Waals surface area contributed by atoms with E-state index in [0.29, 0.717) is 38.2 Å². The van der Waals surface area contributed by atoms with Crippen molar-refractivity contribution in [3.8, 4) is 0 Å². The Bertz CT molecular complexity index is 1210. The van der Waals surface area contributed by atoms with Crippen LogP contribution in [0.3, 0.4) is 0 Å². The summed E-state index contributed by atoms with van der Waals surface area (Å²) in [7, 11) is 0. The molecule has 2 aliphatic carbocycles. The van der Waals surface area contributed by atoms with Crippen LogP contribution in [-0.4, -0.2) is 59.3 Å². The second-order valence-corrected chi connectivity index (χ2v) is 9.81. The number of nitrogens with one attached hydrogen (secondary N) is 1. The Kier molecular flexibility index (Phi) is 5.62. The van der Waals surface area contributed by atoms with Gasteiger partial charge in [-0.15, -0.1) is 5.10 Å². The zero-order chi connectivity index (χ0) is 22.6. The van der Waals surface area contributed by atoms with Gasteiger partial charge in [0.25, 0.3) is 0 Å². The van der Waals surface area contributed by atoms with E-state index in [0.717, 1.165) is 17.7 Å². The topological polar surface area (TPSA) is 152 Å². The van der Waals surface area contributed by atoms with Crippen LogP contribution >= 0.6 is 35.0 Å². The number of anilines is 1. The van der Waals surface area contributed by atoms with E-state index >= 15 is 0 Å². The van der Waals surface area contributed by atoms with Gasteiger partial charge in [0.15, 0.2) is 22.1 Å². The molecule has 0 radical (unpaired) electrons. The molecule has 2 saturated carbocycles. The fraction of sp³-hybridized carbons (Fsp3) is 0.421. The maximum absolute atomic E-state index is 11.7. The Morgan fingerprint density at radius 3 is 2.62 bits per heavy atom. The van der Waals surface area contributed by atoms with Crippen molar-refractivity contribution in [1.29, 1.82) is 0 Å². The first kappa shape index (κ1) is 21.7. The SMILES string of the molecule is NC(=O)[C@H]1CC(n2nnc3c(NC4CC4)nc(Sc4ccc(Cl)c(Cl)c4)nc32)C(O)C1O. The van der Waals surface area contributed by atoms with Crippen LogP contribution in [-0.2, 0) is 4.79 Å². The summed E-state index contributed by atoms with van der Waals surface area (Å²) in [4.78, 5) is 21.7. The first-order chi connectivity index (χ1) is 15.3. The van der Waals surface area contributed by atoms with E-state index < -0.39 is 30.1 Å². The fourth-order valence-electron chi connectivity index (χ4n) is 3.78. The van der Waals surface area contributed by atoms with Crippen molar-refractivity contribution < 1.29 is 15.0 Å². The first-order valence-electron chi connectivity index (χ1n) is 9.99. The highest BCUT2D eigenvalue weighted by atomic mass is 35.5. The summed E-state index contributed by atoms with van der Waals surface area (Å²) in [5.41, 5.74) is 6.21. The van der Waals surface area contributed by atoms with E-state index in [9.17, 15) is 15.0 Å². The van der Waals surface area contributed by atoms with Gasteiger partial charge in [-0.25, -0.2) is 14.6 Å². The summed E-state index contributed by atoms with van der Waals surface area (Å²) >= 11 is 13.4. The number of rotatable bonds is 6. The van der Waals surface area contributed by atoms with Gasteiger partial charge in [-0.1, -0.05) is 28.4 Å². The minimum Gasteiger partial charge on any atom is -0.390 e. The third kappa shape index (κ3) is 3.99. The number of nitrogens with two attached hydrogens (primary N) is 1. The monoisotopic (exact) mass is 495 g/mol. The molecule has 32 heavy (non-hydrogen) atoms. The van der Waals surface area contributed by atoms with Gasteiger partial charge in [-0.3, -0.25) is 4.79 Å². The first-order valence-corrected chi connectivity index (χ1v) is 11.6. The molecule has 3 aromatic rings. The van der Waals surface area contributed by atoms with Gasteiger partial charge in [0.1, 0.15) is 6.10 Å². The van der Waals surface area contributed by atoms with Crippen LogP contribution in [0.15, 0.2) is 28.3 Å². The molecule has 0 aliphatic heterocycles. The van der Waals surface area contributed by atoms with Crippen molar-refractivity contribution in [1.82, 2.24) is 25.0 Å². The van der Waals surface area contributed by atoms with Crippen LogP contribution in [0, 0.1) is 5.92 Å². The van der Waals surface area contributed by atoms with Crippen LogP contribution in [0.4, 0.5) is 5.82 Å². The lowest BCUT2D eigenvalue weighted by Gasteiger charge is -2.17. The summed E-state index contributed by atoms with van der Waals surface area (Å²) < 4.78 is 1.44. The fourth-order valence-corrected chi connectivity index (χ4v) is 4.94. The number of aliphatic hydroxyl groups excluding tert-OH is 2. The number of fused-ring (bicyclic) bond motifs is 1. The average Bonchev–Trinajstić information content (AvgIpc) is 3.39. The number of aromatic nitrogens is 5. The lowest BCUT2D eigenvalue weighted by atomic mass is 10.1. The van der Waals surface area contributed by atoms with E-state index in [1.165, 1.54) is 16.4 Å². The predicted molar refractivity (Wildman–Crippen MR) is 119 cm³/mol. The number of carbonyl (C=O) groups is 1. The van der Waals surface area contributed by atoms with E-state index in [-0.39, 0.29) is 6.42 Å². The molecule has 168 valence electrons. The molecule has 0 spiro atoms. The number of hydrogen-bond donors (Lipinski definition) is 4. The van der Waals surface area contributed by atoms with E-state index in [4.69, 9.17) is 28.9 Å². The number of hydrogen-bond acceptors (Lipinski definition) is 9.